The molecule has 0 radical (unpaired) electrons. The van der Waals surface area contributed by atoms with Gasteiger partial charge in [0.2, 0.25) is 0 Å². The Hall–Kier alpha value is -1.18. The standard InChI is InChI=1S/C14H18N2OS/c15-12-13-4-1-2-5-14(13)17-9-3-6-16-7-10-18-11-8-16/h1-2,4-5H,3,6-11H2. The highest BCUT2D eigenvalue weighted by Crippen LogP contribution is 2.16. The molecule has 0 aliphatic carbocycles. The summed E-state index contributed by atoms with van der Waals surface area (Å²) in [5.74, 6) is 3.20. The molecule has 1 saturated heterocycles. The first-order valence-electron chi connectivity index (χ1n) is 6.32. The van der Waals surface area contributed by atoms with Gasteiger partial charge in [0.15, 0.2) is 0 Å². The molecule has 0 atom stereocenters. The summed E-state index contributed by atoms with van der Waals surface area (Å²) in [7, 11) is 0. The highest BCUT2D eigenvalue weighted by molar-refractivity contribution is 7.99. The maximum absolute atomic E-state index is 8.94. The van der Waals surface area contributed by atoms with Crippen molar-refractivity contribution < 1.29 is 4.74 Å². The van der Waals surface area contributed by atoms with E-state index in [-0.39, 0.29) is 0 Å². The Balaban J connectivity index is 1.70. The van der Waals surface area contributed by atoms with Crippen LogP contribution in [-0.2, 0) is 0 Å². The summed E-state index contributed by atoms with van der Waals surface area (Å²) in [6.45, 7) is 4.16. The van der Waals surface area contributed by atoms with E-state index in [4.69, 9.17) is 10.00 Å². The van der Waals surface area contributed by atoms with Crippen LogP contribution in [0.15, 0.2) is 24.3 Å². The average molecular weight is 262 g/mol. The fourth-order valence-corrected chi connectivity index (χ4v) is 2.96. The van der Waals surface area contributed by atoms with E-state index in [9.17, 15) is 0 Å². The fourth-order valence-electron chi connectivity index (χ4n) is 1.98. The van der Waals surface area contributed by atoms with E-state index in [0.29, 0.717) is 17.9 Å². The van der Waals surface area contributed by atoms with Crippen molar-refractivity contribution in [3.05, 3.63) is 29.8 Å². The van der Waals surface area contributed by atoms with Crippen molar-refractivity contribution in [1.29, 1.82) is 5.26 Å². The Labute approximate surface area is 113 Å². The molecule has 4 heteroatoms. The molecular formula is C14H18N2OS. The molecule has 2 rings (SSSR count). The van der Waals surface area contributed by atoms with E-state index < -0.39 is 0 Å². The van der Waals surface area contributed by atoms with Crippen LogP contribution in [0.3, 0.4) is 0 Å². The molecule has 0 bridgehead atoms. The number of benzene rings is 1. The molecule has 0 amide bonds. The van der Waals surface area contributed by atoms with E-state index in [2.05, 4.69) is 11.0 Å². The van der Waals surface area contributed by atoms with Crippen molar-refractivity contribution in [2.75, 3.05) is 37.7 Å². The molecule has 96 valence electrons. The Morgan fingerprint density at radius 2 is 2.06 bits per heavy atom. The zero-order chi connectivity index (χ0) is 12.6. The molecule has 3 nitrogen and oxygen atoms in total. The van der Waals surface area contributed by atoms with Crippen molar-refractivity contribution in [3.8, 4) is 11.8 Å². The lowest BCUT2D eigenvalue weighted by Gasteiger charge is -2.25. The van der Waals surface area contributed by atoms with Gasteiger partial charge in [-0.05, 0) is 18.6 Å². The van der Waals surface area contributed by atoms with Gasteiger partial charge in [0, 0.05) is 31.1 Å². The van der Waals surface area contributed by atoms with Gasteiger partial charge >= 0.3 is 0 Å². The van der Waals surface area contributed by atoms with Gasteiger partial charge in [-0.15, -0.1) is 0 Å². The van der Waals surface area contributed by atoms with E-state index >= 15 is 0 Å². The summed E-state index contributed by atoms with van der Waals surface area (Å²) < 4.78 is 5.66. The van der Waals surface area contributed by atoms with Gasteiger partial charge in [-0.1, -0.05) is 12.1 Å². The van der Waals surface area contributed by atoms with Crippen LogP contribution in [0.5, 0.6) is 5.75 Å². The molecule has 1 aromatic carbocycles. The Kier molecular flexibility index (Phi) is 5.37. The molecule has 0 aromatic heterocycles. The lowest BCUT2D eigenvalue weighted by Crippen LogP contribution is -2.33. The third kappa shape index (κ3) is 3.94. The minimum atomic E-state index is 0.617. The maximum atomic E-state index is 8.94. The number of thioether (sulfide) groups is 1. The zero-order valence-corrected chi connectivity index (χ0v) is 11.3. The van der Waals surface area contributed by atoms with Crippen LogP contribution in [0.25, 0.3) is 0 Å². The average Bonchev–Trinajstić information content (AvgIpc) is 2.45. The van der Waals surface area contributed by atoms with Gasteiger partial charge in [-0.2, -0.15) is 17.0 Å². The molecular weight excluding hydrogens is 244 g/mol. The molecule has 1 aliphatic rings. The quantitative estimate of drug-likeness (QED) is 0.763. The first-order valence-corrected chi connectivity index (χ1v) is 7.47. The molecule has 0 unspecified atom stereocenters. The molecule has 0 spiro atoms. The third-order valence-electron chi connectivity index (χ3n) is 2.99. The van der Waals surface area contributed by atoms with Gasteiger partial charge in [-0.3, -0.25) is 0 Å². The van der Waals surface area contributed by atoms with E-state index in [1.807, 2.05) is 30.0 Å². The summed E-state index contributed by atoms with van der Waals surface area (Å²) >= 11 is 2.03. The van der Waals surface area contributed by atoms with Crippen LogP contribution in [0.4, 0.5) is 0 Å². The van der Waals surface area contributed by atoms with Gasteiger partial charge in [0.25, 0.3) is 0 Å². The Morgan fingerprint density at radius 3 is 2.83 bits per heavy atom. The monoisotopic (exact) mass is 262 g/mol. The minimum Gasteiger partial charge on any atom is -0.492 e. The maximum Gasteiger partial charge on any atom is 0.137 e. The van der Waals surface area contributed by atoms with Crippen molar-refractivity contribution in [3.63, 3.8) is 0 Å². The fraction of sp³-hybridized carbons (Fsp3) is 0.500. The number of ether oxygens (including phenoxy) is 1. The number of nitrogens with zero attached hydrogens (tertiary/aromatic N) is 2. The zero-order valence-electron chi connectivity index (χ0n) is 10.5. The van der Waals surface area contributed by atoms with Crippen LogP contribution in [0, 0.1) is 11.3 Å². The number of hydrogen-bond donors (Lipinski definition) is 0. The van der Waals surface area contributed by atoms with E-state index in [0.717, 1.165) is 13.0 Å². The number of rotatable bonds is 5. The number of para-hydroxylation sites is 1. The van der Waals surface area contributed by atoms with E-state index in [1.165, 1.54) is 24.6 Å². The molecule has 1 heterocycles. The predicted molar refractivity (Wildman–Crippen MR) is 75.0 cm³/mol. The molecule has 0 N–H and O–H groups in total. The second-order valence-corrected chi connectivity index (χ2v) is 5.49. The Morgan fingerprint density at radius 1 is 1.28 bits per heavy atom. The van der Waals surface area contributed by atoms with Crippen molar-refractivity contribution in [2.45, 2.75) is 6.42 Å². The normalized spacial score (nSPS) is 16.2. The van der Waals surface area contributed by atoms with Gasteiger partial charge < -0.3 is 9.64 Å². The third-order valence-corrected chi connectivity index (χ3v) is 3.93. The van der Waals surface area contributed by atoms with E-state index in [1.54, 1.807) is 6.07 Å². The molecule has 18 heavy (non-hydrogen) atoms. The molecule has 1 aliphatic heterocycles. The topological polar surface area (TPSA) is 36.3 Å². The SMILES string of the molecule is N#Cc1ccccc1OCCCN1CCSCC1. The minimum absolute atomic E-state index is 0.617. The molecule has 0 saturated carbocycles. The second kappa shape index (κ2) is 7.30. The molecule has 1 aromatic rings. The summed E-state index contributed by atoms with van der Waals surface area (Å²) in [5, 5.41) is 8.94. The highest BCUT2D eigenvalue weighted by atomic mass is 32.2. The summed E-state index contributed by atoms with van der Waals surface area (Å²) in [6, 6.07) is 9.55. The lowest BCUT2D eigenvalue weighted by atomic mass is 10.2. The van der Waals surface area contributed by atoms with Crippen LogP contribution in [0.2, 0.25) is 0 Å². The second-order valence-electron chi connectivity index (χ2n) is 4.26. The Bertz CT molecular complexity index is 411. The predicted octanol–water partition coefficient (Wildman–Crippen LogP) is 2.38. The summed E-state index contributed by atoms with van der Waals surface area (Å²) in [4.78, 5) is 2.48. The van der Waals surface area contributed by atoms with Gasteiger partial charge in [0.05, 0.1) is 12.2 Å². The lowest BCUT2D eigenvalue weighted by molar-refractivity contribution is 0.248. The largest absolute Gasteiger partial charge is 0.492 e. The summed E-state index contributed by atoms with van der Waals surface area (Å²) in [5.41, 5.74) is 0.617. The number of hydrogen-bond acceptors (Lipinski definition) is 4. The molecule has 1 fully saturated rings. The van der Waals surface area contributed by atoms with Crippen molar-refractivity contribution in [2.24, 2.45) is 0 Å². The smallest absolute Gasteiger partial charge is 0.137 e. The first kappa shape index (κ1) is 13.3. The van der Waals surface area contributed by atoms with Crippen molar-refractivity contribution >= 4 is 11.8 Å². The van der Waals surface area contributed by atoms with Crippen molar-refractivity contribution in [1.82, 2.24) is 4.90 Å². The highest BCUT2D eigenvalue weighted by Gasteiger charge is 2.09. The van der Waals surface area contributed by atoms with Crippen LogP contribution in [-0.4, -0.2) is 42.6 Å². The van der Waals surface area contributed by atoms with Crippen LogP contribution in [0.1, 0.15) is 12.0 Å². The first-order chi connectivity index (χ1) is 8.90. The van der Waals surface area contributed by atoms with Crippen LogP contribution < -0.4 is 4.74 Å². The van der Waals surface area contributed by atoms with Gasteiger partial charge in [0.1, 0.15) is 11.8 Å². The van der Waals surface area contributed by atoms with Gasteiger partial charge in [-0.25, -0.2) is 0 Å². The van der Waals surface area contributed by atoms with Crippen LogP contribution >= 0.6 is 11.8 Å². The number of nitriles is 1. The summed E-state index contributed by atoms with van der Waals surface area (Å²) in [6.07, 6.45) is 1.02.